The standard InChI is InChI=1S/C20H16N3/c1-14-12-19(15-8-4-3-5-9-15)23-18-11-7-6-10-17(18)22(2)20(23)16(14)13-21/h3-12H,1-2H3/q+1. The summed E-state index contributed by atoms with van der Waals surface area (Å²) in [6.45, 7) is 2.00. The molecule has 3 heteroatoms. The maximum absolute atomic E-state index is 9.65. The Labute approximate surface area is 134 Å². The van der Waals surface area contributed by atoms with Crippen LogP contribution in [-0.2, 0) is 7.05 Å². The van der Waals surface area contributed by atoms with E-state index < -0.39 is 0 Å². The third-order valence-electron chi connectivity index (χ3n) is 4.41. The molecule has 2 aromatic heterocycles. The lowest BCUT2D eigenvalue weighted by Gasteiger charge is -2.05. The van der Waals surface area contributed by atoms with Gasteiger partial charge < -0.3 is 0 Å². The van der Waals surface area contributed by atoms with E-state index in [1.165, 1.54) is 0 Å². The Morgan fingerprint density at radius 1 is 1.00 bits per heavy atom. The summed E-state index contributed by atoms with van der Waals surface area (Å²) in [5, 5.41) is 9.65. The van der Waals surface area contributed by atoms with Crippen LogP contribution in [0.15, 0.2) is 60.7 Å². The zero-order chi connectivity index (χ0) is 16.0. The van der Waals surface area contributed by atoms with E-state index in [-0.39, 0.29) is 0 Å². The van der Waals surface area contributed by atoms with Crippen LogP contribution < -0.4 is 4.57 Å². The van der Waals surface area contributed by atoms with Gasteiger partial charge in [0.1, 0.15) is 17.3 Å². The molecule has 23 heavy (non-hydrogen) atoms. The van der Waals surface area contributed by atoms with E-state index in [1.54, 1.807) is 0 Å². The molecule has 0 radical (unpaired) electrons. The van der Waals surface area contributed by atoms with Gasteiger partial charge in [-0.05, 0) is 30.7 Å². The Morgan fingerprint density at radius 3 is 2.43 bits per heavy atom. The number of benzene rings is 2. The van der Waals surface area contributed by atoms with Gasteiger partial charge in [0.05, 0.1) is 7.05 Å². The molecule has 0 aliphatic rings. The van der Waals surface area contributed by atoms with Gasteiger partial charge in [-0.25, -0.2) is 4.57 Å². The van der Waals surface area contributed by atoms with Crippen LogP contribution in [0.2, 0.25) is 0 Å². The van der Waals surface area contributed by atoms with Crippen molar-refractivity contribution in [2.45, 2.75) is 6.92 Å². The molecule has 0 bridgehead atoms. The van der Waals surface area contributed by atoms with Crippen molar-refractivity contribution in [2.24, 2.45) is 7.05 Å². The number of hydrogen-bond acceptors (Lipinski definition) is 1. The zero-order valence-electron chi connectivity index (χ0n) is 13.1. The lowest BCUT2D eigenvalue weighted by molar-refractivity contribution is -0.618. The summed E-state index contributed by atoms with van der Waals surface area (Å²) in [4.78, 5) is 0. The molecule has 0 aliphatic heterocycles. The van der Waals surface area contributed by atoms with E-state index in [1.807, 2.05) is 44.3 Å². The largest absolute Gasteiger partial charge is 0.305 e. The van der Waals surface area contributed by atoms with Crippen LogP contribution in [0.1, 0.15) is 11.1 Å². The fourth-order valence-corrected chi connectivity index (χ4v) is 3.32. The molecule has 4 aromatic rings. The highest BCUT2D eigenvalue weighted by Gasteiger charge is 2.25. The third-order valence-corrected chi connectivity index (χ3v) is 4.41. The summed E-state index contributed by atoms with van der Waals surface area (Å²) >= 11 is 0. The van der Waals surface area contributed by atoms with Gasteiger partial charge in [0.15, 0.2) is 11.0 Å². The van der Waals surface area contributed by atoms with Gasteiger partial charge in [-0.2, -0.15) is 9.66 Å². The van der Waals surface area contributed by atoms with Crippen LogP contribution in [0, 0.1) is 18.3 Å². The number of aryl methyl sites for hydroxylation is 2. The highest BCUT2D eigenvalue weighted by Crippen LogP contribution is 2.28. The Kier molecular flexibility index (Phi) is 2.92. The molecule has 0 saturated carbocycles. The van der Waals surface area contributed by atoms with Crippen molar-refractivity contribution in [3.63, 3.8) is 0 Å². The minimum absolute atomic E-state index is 0.725. The molecule has 0 fully saturated rings. The Bertz CT molecular complexity index is 1080. The SMILES string of the molecule is Cc1cc(-c2ccccc2)n2c3ccccc3[n+](C)c2c1C#N. The van der Waals surface area contributed by atoms with Crippen molar-refractivity contribution in [1.29, 1.82) is 5.26 Å². The second kappa shape index (κ2) is 4.96. The molecular formula is C20H16N3+. The molecule has 110 valence electrons. The summed E-state index contributed by atoms with van der Waals surface area (Å²) in [5.74, 6) is 0. The second-order valence-corrected chi connectivity index (χ2v) is 5.77. The molecule has 3 nitrogen and oxygen atoms in total. The molecule has 0 spiro atoms. The lowest BCUT2D eigenvalue weighted by Crippen LogP contribution is -2.28. The van der Waals surface area contributed by atoms with Gasteiger partial charge in [0, 0.05) is 5.56 Å². The highest BCUT2D eigenvalue weighted by atomic mass is 15.1. The summed E-state index contributed by atoms with van der Waals surface area (Å²) < 4.78 is 4.30. The maximum Gasteiger partial charge on any atom is 0.305 e. The van der Waals surface area contributed by atoms with Crippen molar-refractivity contribution in [3.8, 4) is 17.3 Å². The number of hydrogen-bond donors (Lipinski definition) is 0. The number of nitriles is 1. The maximum atomic E-state index is 9.65. The van der Waals surface area contributed by atoms with Gasteiger partial charge >= 0.3 is 5.65 Å². The molecule has 2 aromatic carbocycles. The van der Waals surface area contributed by atoms with Crippen molar-refractivity contribution < 1.29 is 4.57 Å². The van der Waals surface area contributed by atoms with Crippen molar-refractivity contribution in [1.82, 2.24) is 4.40 Å². The first-order valence-corrected chi connectivity index (χ1v) is 7.60. The monoisotopic (exact) mass is 298 g/mol. The van der Waals surface area contributed by atoms with Crippen molar-refractivity contribution >= 4 is 16.7 Å². The summed E-state index contributed by atoms with van der Waals surface area (Å²) in [5.41, 5.74) is 7.14. The summed E-state index contributed by atoms with van der Waals surface area (Å²) in [6.07, 6.45) is 0. The minimum Gasteiger partial charge on any atom is -0.225 e. The lowest BCUT2D eigenvalue weighted by atomic mass is 10.1. The van der Waals surface area contributed by atoms with E-state index >= 15 is 0 Å². The Hall–Kier alpha value is -3.12. The second-order valence-electron chi connectivity index (χ2n) is 5.77. The normalized spacial score (nSPS) is 11.0. The van der Waals surface area contributed by atoms with Crippen LogP contribution in [0.25, 0.3) is 27.9 Å². The Morgan fingerprint density at radius 2 is 1.70 bits per heavy atom. The molecule has 2 heterocycles. The molecule has 4 rings (SSSR count). The molecule has 0 amide bonds. The number of para-hydroxylation sites is 2. The fourth-order valence-electron chi connectivity index (χ4n) is 3.32. The molecular weight excluding hydrogens is 282 g/mol. The van der Waals surface area contributed by atoms with Gasteiger partial charge in [0.2, 0.25) is 0 Å². The molecule has 0 aliphatic carbocycles. The quantitative estimate of drug-likeness (QED) is 0.492. The molecule has 0 atom stereocenters. The average Bonchev–Trinajstić information content (AvgIpc) is 2.89. The zero-order valence-corrected chi connectivity index (χ0v) is 13.1. The van der Waals surface area contributed by atoms with Gasteiger partial charge in [-0.15, -0.1) is 0 Å². The number of imidazole rings is 1. The van der Waals surface area contributed by atoms with Crippen LogP contribution in [0.5, 0.6) is 0 Å². The first-order chi connectivity index (χ1) is 11.2. The molecule has 0 N–H and O–H groups in total. The molecule has 0 unspecified atom stereocenters. The predicted molar refractivity (Wildman–Crippen MR) is 91.0 cm³/mol. The van der Waals surface area contributed by atoms with Crippen LogP contribution in [0.3, 0.4) is 0 Å². The molecule has 0 saturated heterocycles. The number of pyridine rings is 1. The van der Waals surface area contributed by atoms with E-state index in [2.05, 4.69) is 45.4 Å². The van der Waals surface area contributed by atoms with E-state index in [4.69, 9.17) is 0 Å². The highest BCUT2D eigenvalue weighted by molar-refractivity contribution is 5.82. The Balaban J connectivity index is 2.30. The van der Waals surface area contributed by atoms with Gasteiger partial charge in [-0.3, -0.25) is 0 Å². The third kappa shape index (κ3) is 1.85. The number of aromatic nitrogens is 2. The van der Waals surface area contributed by atoms with E-state index in [0.29, 0.717) is 0 Å². The van der Waals surface area contributed by atoms with Gasteiger partial charge in [0.25, 0.3) is 0 Å². The number of nitrogens with zero attached hydrogens (tertiary/aromatic N) is 3. The number of fused-ring (bicyclic) bond motifs is 3. The van der Waals surface area contributed by atoms with Crippen LogP contribution in [0.4, 0.5) is 0 Å². The average molecular weight is 298 g/mol. The van der Waals surface area contributed by atoms with Crippen molar-refractivity contribution in [3.05, 3.63) is 71.8 Å². The van der Waals surface area contributed by atoms with Gasteiger partial charge in [-0.1, -0.05) is 42.5 Å². The fraction of sp³-hybridized carbons (Fsp3) is 0.100. The smallest absolute Gasteiger partial charge is 0.225 e. The van der Waals surface area contributed by atoms with E-state index in [0.717, 1.165) is 39.1 Å². The van der Waals surface area contributed by atoms with Crippen LogP contribution >= 0.6 is 0 Å². The summed E-state index contributed by atoms with van der Waals surface area (Å²) in [7, 11) is 2.02. The van der Waals surface area contributed by atoms with Crippen molar-refractivity contribution in [2.75, 3.05) is 0 Å². The first kappa shape index (κ1) is 13.5. The van der Waals surface area contributed by atoms with E-state index in [9.17, 15) is 5.26 Å². The number of rotatable bonds is 1. The summed E-state index contributed by atoms with van der Waals surface area (Å²) in [6, 6.07) is 23.1. The minimum atomic E-state index is 0.725. The topological polar surface area (TPSA) is 32.1 Å². The van der Waals surface area contributed by atoms with Crippen LogP contribution in [-0.4, -0.2) is 4.40 Å². The predicted octanol–water partition coefficient (Wildman–Crippen LogP) is 3.76. The first-order valence-electron chi connectivity index (χ1n) is 7.60.